The van der Waals surface area contributed by atoms with Crippen molar-refractivity contribution in [2.24, 2.45) is 5.92 Å². The molecule has 0 spiro atoms. The Bertz CT molecular complexity index is 896. The zero-order valence-electron chi connectivity index (χ0n) is 19.9. The maximum absolute atomic E-state index is 12.9. The molecule has 0 saturated heterocycles. The van der Waals surface area contributed by atoms with Gasteiger partial charge in [-0.3, -0.25) is 9.59 Å². The molecule has 0 aliphatic carbocycles. The fraction of sp³-hybridized carbons (Fsp3) is 0.542. The van der Waals surface area contributed by atoms with Crippen molar-refractivity contribution in [1.29, 1.82) is 0 Å². The molecule has 0 unspecified atom stereocenters. The first-order chi connectivity index (χ1) is 14.5. The fourth-order valence-corrected chi connectivity index (χ4v) is 3.15. The highest BCUT2D eigenvalue weighted by Gasteiger charge is 2.23. The molecule has 1 aromatic carbocycles. The van der Waals surface area contributed by atoms with Crippen LogP contribution in [0, 0.1) is 12.8 Å². The van der Waals surface area contributed by atoms with Crippen molar-refractivity contribution >= 4 is 17.6 Å². The molecule has 0 aliphatic heterocycles. The van der Waals surface area contributed by atoms with E-state index in [1.165, 1.54) is 0 Å². The van der Waals surface area contributed by atoms with Gasteiger partial charge in [0.15, 0.2) is 0 Å². The quantitative estimate of drug-likeness (QED) is 0.656. The van der Waals surface area contributed by atoms with Crippen LogP contribution in [-0.2, 0) is 19.7 Å². The van der Waals surface area contributed by atoms with Crippen LogP contribution in [0.3, 0.4) is 0 Å². The summed E-state index contributed by atoms with van der Waals surface area (Å²) in [6, 6.07) is 9.81. The summed E-state index contributed by atoms with van der Waals surface area (Å²) in [7, 11) is 1.58. The van der Waals surface area contributed by atoms with E-state index in [2.05, 4.69) is 26.1 Å². The summed E-state index contributed by atoms with van der Waals surface area (Å²) in [6.45, 7) is 13.0. The van der Waals surface area contributed by atoms with Crippen molar-refractivity contribution in [3.8, 4) is 5.69 Å². The van der Waals surface area contributed by atoms with E-state index >= 15 is 0 Å². The average Bonchev–Trinajstić information content (AvgIpc) is 3.08. The number of hydrogen-bond donors (Lipinski definition) is 1. The molecule has 1 heterocycles. The number of nitrogens with zero attached hydrogens (tertiary/aromatic N) is 3. The van der Waals surface area contributed by atoms with Crippen molar-refractivity contribution in [3.63, 3.8) is 0 Å². The number of rotatable bonds is 9. The molecule has 7 nitrogen and oxygen atoms in total. The molecule has 2 rings (SSSR count). The lowest BCUT2D eigenvalue weighted by Crippen LogP contribution is -2.40. The second kappa shape index (κ2) is 10.6. The second-order valence-electron chi connectivity index (χ2n) is 9.32. The molecule has 0 fully saturated rings. The van der Waals surface area contributed by atoms with Gasteiger partial charge in [-0.2, -0.15) is 5.10 Å². The molecule has 0 bridgehead atoms. The second-order valence-corrected chi connectivity index (χ2v) is 9.32. The van der Waals surface area contributed by atoms with E-state index in [9.17, 15) is 9.59 Å². The lowest BCUT2D eigenvalue weighted by Gasteiger charge is -2.23. The van der Waals surface area contributed by atoms with Crippen LogP contribution in [0.1, 0.15) is 52.3 Å². The molecule has 1 aromatic heterocycles. The topological polar surface area (TPSA) is 76.5 Å². The van der Waals surface area contributed by atoms with Gasteiger partial charge in [0.2, 0.25) is 11.8 Å². The van der Waals surface area contributed by atoms with Crippen LogP contribution in [-0.4, -0.2) is 53.3 Å². The zero-order chi connectivity index (χ0) is 23.2. The van der Waals surface area contributed by atoms with E-state index in [1.807, 2.05) is 51.1 Å². The van der Waals surface area contributed by atoms with Gasteiger partial charge in [0.05, 0.1) is 24.5 Å². The first-order valence-electron chi connectivity index (χ1n) is 10.8. The highest BCUT2D eigenvalue weighted by atomic mass is 16.5. The van der Waals surface area contributed by atoms with Crippen LogP contribution in [0.15, 0.2) is 30.3 Å². The van der Waals surface area contributed by atoms with Crippen molar-refractivity contribution in [2.45, 2.75) is 53.4 Å². The van der Waals surface area contributed by atoms with Crippen LogP contribution in [0.2, 0.25) is 0 Å². The first kappa shape index (κ1) is 24.6. The van der Waals surface area contributed by atoms with Crippen molar-refractivity contribution in [3.05, 3.63) is 41.6 Å². The van der Waals surface area contributed by atoms with E-state index in [0.29, 0.717) is 25.4 Å². The van der Waals surface area contributed by atoms with E-state index in [4.69, 9.17) is 9.84 Å². The first-order valence-corrected chi connectivity index (χ1v) is 10.8. The smallest absolute Gasteiger partial charge is 0.245 e. The Balaban J connectivity index is 2.29. The highest BCUT2D eigenvalue weighted by Crippen LogP contribution is 2.27. The SMILES string of the molecule is COCCN(CC(=O)Nc1cc(C(C)(C)C)nn1-c1ccccc1C)C(=O)CC(C)C. The van der Waals surface area contributed by atoms with E-state index < -0.39 is 0 Å². The van der Waals surface area contributed by atoms with Gasteiger partial charge in [-0.25, -0.2) is 4.68 Å². The lowest BCUT2D eigenvalue weighted by atomic mass is 9.92. The number of hydrogen-bond acceptors (Lipinski definition) is 4. The van der Waals surface area contributed by atoms with Crippen LogP contribution in [0.4, 0.5) is 5.82 Å². The third kappa shape index (κ3) is 6.92. The van der Waals surface area contributed by atoms with Gasteiger partial charge < -0.3 is 15.0 Å². The Hall–Kier alpha value is -2.67. The van der Waals surface area contributed by atoms with Crippen molar-refractivity contribution in [2.75, 3.05) is 32.1 Å². The number of nitrogens with one attached hydrogen (secondary N) is 1. The van der Waals surface area contributed by atoms with Crippen LogP contribution >= 0.6 is 0 Å². The van der Waals surface area contributed by atoms with Crippen LogP contribution < -0.4 is 5.32 Å². The Labute approximate surface area is 185 Å². The fourth-order valence-electron chi connectivity index (χ4n) is 3.15. The largest absolute Gasteiger partial charge is 0.383 e. The number of aromatic nitrogens is 2. The predicted molar refractivity (Wildman–Crippen MR) is 124 cm³/mol. The molecule has 2 amide bonds. The van der Waals surface area contributed by atoms with E-state index in [-0.39, 0.29) is 29.7 Å². The minimum atomic E-state index is -0.261. The summed E-state index contributed by atoms with van der Waals surface area (Å²) in [5.74, 6) is 0.498. The summed E-state index contributed by atoms with van der Waals surface area (Å²) in [6.07, 6.45) is 0.395. The number of aryl methyl sites for hydroxylation is 1. The Morgan fingerprint density at radius 2 is 1.90 bits per heavy atom. The van der Waals surface area contributed by atoms with Gasteiger partial charge in [-0.05, 0) is 24.5 Å². The molecule has 0 saturated carbocycles. The third-order valence-electron chi connectivity index (χ3n) is 4.92. The summed E-state index contributed by atoms with van der Waals surface area (Å²) >= 11 is 0. The van der Waals surface area contributed by atoms with Crippen LogP contribution in [0.5, 0.6) is 0 Å². The summed E-state index contributed by atoms with van der Waals surface area (Å²) in [5.41, 5.74) is 2.65. The van der Waals surface area contributed by atoms with Gasteiger partial charge in [0.25, 0.3) is 0 Å². The maximum atomic E-state index is 12.9. The Morgan fingerprint density at radius 3 is 2.48 bits per heavy atom. The molecule has 1 N–H and O–H groups in total. The van der Waals surface area contributed by atoms with Gasteiger partial charge in [-0.1, -0.05) is 52.8 Å². The van der Waals surface area contributed by atoms with Crippen molar-refractivity contribution < 1.29 is 14.3 Å². The predicted octanol–water partition coefficient (Wildman–Crippen LogP) is 3.94. The molecule has 0 radical (unpaired) electrons. The van der Waals surface area contributed by atoms with E-state index in [0.717, 1.165) is 16.9 Å². The molecular formula is C24H36N4O3. The number of carbonyl (C=O) groups excluding carboxylic acids is 2. The molecule has 7 heteroatoms. The van der Waals surface area contributed by atoms with E-state index in [1.54, 1.807) is 16.7 Å². The van der Waals surface area contributed by atoms with Gasteiger partial charge in [0, 0.05) is 31.6 Å². The number of amides is 2. The molecule has 0 atom stereocenters. The number of anilines is 1. The third-order valence-corrected chi connectivity index (χ3v) is 4.92. The zero-order valence-corrected chi connectivity index (χ0v) is 19.9. The number of carbonyl (C=O) groups is 2. The van der Waals surface area contributed by atoms with Crippen molar-refractivity contribution in [1.82, 2.24) is 14.7 Å². The molecular weight excluding hydrogens is 392 g/mol. The van der Waals surface area contributed by atoms with Gasteiger partial charge >= 0.3 is 0 Å². The molecule has 2 aromatic rings. The summed E-state index contributed by atoms with van der Waals surface area (Å²) in [4.78, 5) is 27.1. The number of ether oxygens (including phenoxy) is 1. The summed E-state index contributed by atoms with van der Waals surface area (Å²) < 4.78 is 6.89. The van der Waals surface area contributed by atoms with Crippen LogP contribution in [0.25, 0.3) is 5.69 Å². The minimum absolute atomic E-state index is 0.0291. The maximum Gasteiger partial charge on any atom is 0.245 e. The average molecular weight is 429 g/mol. The monoisotopic (exact) mass is 428 g/mol. The van der Waals surface area contributed by atoms with Gasteiger partial charge in [0.1, 0.15) is 5.82 Å². The number of para-hydroxylation sites is 1. The molecule has 31 heavy (non-hydrogen) atoms. The normalized spacial score (nSPS) is 11.6. The Kier molecular flexibility index (Phi) is 8.39. The number of benzene rings is 1. The highest BCUT2D eigenvalue weighted by molar-refractivity contribution is 5.94. The summed E-state index contributed by atoms with van der Waals surface area (Å²) in [5, 5.41) is 7.74. The molecule has 170 valence electrons. The minimum Gasteiger partial charge on any atom is -0.383 e. The molecule has 0 aliphatic rings. The van der Waals surface area contributed by atoms with Gasteiger partial charge in [-0.15, -0.1) is 0 Å². The Morgan fingerprint density at radius 1 is 1.23 bits per heavy atom. The lowest BCUT2D eigenvalue weighted by molar-refractivity contribution is -0.136. The standard InChI is InChI=1S/C24H36N4O3/c1-17(2)14-23(30)27(12-13-31-7)16-22(29)25-21-15-20(24(4,5)6)26-28(21)19-11-9-8-10-18(19)3/h8-11,15,17H,12-14,16H2,1-7H3,(H,25,29). The number of methoxy groups -OCH3 is 1.